The summed E-state index contributed by atoms with van der Waals surface area (Å²) in [6, 6.07) is 10.2. The number of rotatable bonds is 4. The van der Waals surface area contributed by atoms with E-state index in [1.165, 1.54) is 5.69 Å². The molecule has 1 N–H and O–H groups in total. The minimum absolute atomic E-state index is 0.723. The van der Waals surface area contributed by atoms with Crippen LogP contribution in [0.5, 0.6) is 0 Å². The summed E-state index contributed by atoms with van der Waals surface area (Å²) in [5.74, 6) is 1.55. The molecule has 0 unspecified atom stereocenters. The smallest absolute Gasteiger partial charge is 0.227 e. The van der Waals surface area contributed by atoms with E-state index in [2.05, 4.69) is 43.3 Å². The summed E-state index contributed by atoms with van der Waals surface area (Å²) in [7, 11) is 0. The molecule has 1 aromatic carbocycles. The van der Waals surface area contributed by atoms with Crippen LogP contribution in [0.25, 0.3) is 0 Å². The lowest BCUT2D eigenvalue weighted by Gasteiger charge is -2.30. The molecule has 0 atom stereocenters. The highest BCUT2D eigenvalue weighted by atomic mass is 16.5. The van der Waals surface area contributed by atoms with Gasteiger partial charge >= 0.3 is 0 Å². The minimum Gasteiger partial charge on any atom is -0.378 e. The molecule has 7 heteroatoms. The van der Waals surface area contributed by atoms with E-state index in [0.717, 1.165) is 70.1 Å². The Balaban J connectivity index is 1.54. The molecule has 0 saturated carbocycles. The third kappa shape index (κ3) is 3.83. The van der Waals surface area contributed by atoms with Crippen molar-refractivity contribution in [2.45, 2.75) is 0 Å². The molecule has 132 valence electrons. The zero-order chi connectivity index (χ0) is 16.9. The van der Waals surface area contributed by atoms with Crippen LogP contribution < -0.4 is 15.1 Å². The number of ether oxygens (including phenoxy) is 2. The van der Waals surface area contributed by atoms with Crippen LogP contribution in [-0.2, 0) is 9.47 Å². The van der Waals surface area contributed by atoms with Gasteiger partial charge in [-0.15, -0.1) is 0 Å². The van der Waals surface area contributed by atoms with Crippen molar-refractivity contribution in [1.82, 2.24) is 9.97 Å². The molecule has 7 nitrogen and oxygen atoms in total. The Hall–Kier alpha value is -2.38. The van der Waals surface area contributed by atoms with Crippen molar-refractivity contribution in [2.75, 3.05) is 67.7 Å². The Morgan fingerprint density at radius 2 is 1.52 bits per heavy atom. The second-order valence-electron chi connectivity index (χ2n) is 6.08. The number of anilines is 4. The first-order valence-electron chi connectivity index (χ1n) is 8.75. The molecule has 1 aromatic heterocycles. The van der Waals surface area contributed by atoms with Gasteiger partial charge in [-0.1, -0.05) is 12.1 Å². The molecular weight excluding hydrogens is 318 g/mol. The summed E-state index contributed by atoms with van der Waals surface area (Å²) in [5, 5.41) is 3.46. The fourth-order valence-electron chi connectivity index (χ4n) is 3.13. The van der Waals surface area contributed by atoms with E-state index >= 15 is 0 Å². The summed E-state index contributed by atoms with van der Waals surface area (Å²) < 4.78 is 10.9. The van der Waals surface area contributed by atoms with Gasteiger partial charge in [-0.05, 0) is 18.2 Å². The van der Waals surface area contributed by atoms with Crippen molar-refractivity contribution in [3.8, 4) is 0 Å². The van der Waals surface area contributed by atoms with Gasteiger partial charge in [-0.3, -0.25) is 0 Å². The Labute approximate surface area is 147 Å². The summed E-state index contributed by atoms with van der Waals surface area (Å²) in [5.41, 5.74) is 2.23. The zero-order valence-electron chi connectivity index (χ0n) is 14.2. The lowest BCUT2D eigenvalue weighted by molar-refractivity contribution is 0.122. The maximum atomic E-state index is 5.46. The first-order chi connectivity index (χ1) is 12.4. The fourth-order valence-corrected chi connectivity index (χ4v) is 3.13. The van der Waals surface area contributed by atoms with E-state index in [1.54, 1.807) is 6.20 Å². The van der Waals surface area contributed by atoms with E-state index in [-0.39, 0.29) is 0 Å². The van der Waals surface area contributed by atoms with Crippen molar-refractivity contribution >= 4 is 23.1 Å². The van der Waals surface area contributed by atoms with E-state index in [9.17, 15) is 0 Å². The van der Waals surface area contributed by atoms with Gasteiger partial charge in [-0.25, -0.2) is 4.98 Å². The molecular formula is C18H23N5O2. The number of nitrogens with zero attached hydrogens (tertiary/aromatic N) is 4. The highest BCUT2D eigenvalue weighted by Crippen LogP contribution is 2.29. The molecule has 4 rings (SSSR count). The summed E-state index contributed by atoms with van der Waals surface area (Å²) in [6.07, 6.45) is 1.80. The number of nitrogens with one attached hydrogen (secondary N) is 1. The van der Waals surface area contributed by atoms with Gasteiger partial charge in [0.1, 0.15) is 5.82 Å². The van der Waals surface area contributed by atoms with E-state index < -0.39 is 0 Å². The highest BCUT2D eigenvalue weighted by molar-refractivity contribution is 5.74. The molecule has 0 amide bonds. The largest absolute Gasteiger partial charge is 0.378 e. The van der Waals surface area contributed by atoms with Crippen molar-refractivity contribution in [2.24, 2.45) is 0 Å². The molecule has 2 saturated heterocycles. The quantitative estimate of drug-likeness (QED) is 0.911. The van der Waals surface area contributed by atoms with Crippen LogP contribution in [0.2, 0.25) is 0 Å². The van der Waals surface area contributed by atoms with Crippen molar-refractivity contribution in [1.29, 1.82) is 0 Å². The van der Waals surface area contributed by atoms with Crippen LogP contribution in [0.4, 0.5) is 23.1 Å². The standard InChI is InChI=1S/C18H23N5O2/c1-2-4-16(22-7-11-24-12-8-22)15(3-1)20-17-5-6-19-18(21-17)23-9-13-25-14-10-23/h1-6H,7-14H2,(H,19,20,21). The van der Waals surface area contributed by atoms with Gasteiger partial charge in [0.15, 0.2) is 0 Å². The topological polar surface area (TPSA) is 62.8 Å². The molecule has 2 fully saturated rings. The van der Waals surface area contributed by atoms with Gasteiger partial charge in [0.25, 0.3) is 0 Å². The number of hydrogen-bond acceptors (Lipinski definition) is 7. The van der Waals surface area contributed by atoms with Gasteiger partial charge in [0.2, 0.25) is 5.95 Å². The maximum absolute atomic E-state index is 5.46. The average Bonchev–Trinajstić information content (AvgIpc) is 2.70. The summed E-state index contributed by atoms with van der Waals surface area (Å²) in [4.78, 5) is 13.6. The van der Waals surface area contributed by atoms with Crippen LogP contribution in [-0.4, -0.2) is 62.6 Å². The number of para-hydroxylation sites is 2. The molecule has 2 aromatic rings. The number of benzene rings is 1. The van der Waals surface area contributed by atoms with Crippen LogP contribution in [0, 0.1) is 0 Å². The molecule has 2 aliphatic heterocycles. The van der Waals surface area contributed by atoms with Gasteiger partial charge in [0.05, 0.1) is 37.8 Å². The van der Waals surface area contributed by atoms with E-state index in [4.69, 9.17) is 9.47 Å². The molecule has 3 heterocycles. The second kappa shape index (κ2) is 7.67. The van der Waals surface area contributed by atoms with Crippen molar-refractivity contribution in [3.63, 3.8) is 0 Å². The average molecular weight is 341 g/mol. The first kappa shape index (κ1) is 16.1. The predicted molar refractivity (Wildman–Crippen MR) is 97.8 cm³/mol. The van der Waals surface area contributed by atoms with E-state index in [1.807, 2.05) is 12.1 Å². The fraction of sp³-hybridized carbons (Fsp3) is 0.444. The monoisotopic (exact) mass is 341 g/mol. The molecule has 0 spiro atoms. The molecule has 0 radical (unpaired) electrons. The van der Waals surface area contributed by atoms with Crippen molar-refractivity contribution < 1.29 is 9.47 Å². The highest BCUT2D eigenvalue weighted by Gasteiger charge is 2.16. The van der Waals surface area contributed by atoms with E-state index in [0.29, 0.717) is 0 Å². The SMILES string of the molecule is c1ccc(N2CCOCC2)c(Nc2ccnc(N3CCOCC3)n2)c1. The summed E-state index contributed by atoms with van der Waals surface area (Å²) in [6.45, 7) is 6.44. The predicted octanol–water partition coefficient (Wildman–Crippen LogP) is 1.89. The minimum atomic E-state index is 0.723. The zero-order valence-corrected chi connectivity index (χ0v) is 14.2. The Morgan fingerprint density at radius 3 is 2.28 bits per heavy atom. The van der Waals surface area contributed by atoms with Crippen LogP contribution in [0.15, 0.2) is 36.5 Å². The number of aromatic nitrogens is 2. The molecule has 0 bridgehead atoms. The van der Waals surface area contributed by atoms with Gasteiger partial charge in [0, 0.05) is 32.4 Å². The lowest BCUT2D eigenvalue weighted by Crippen LogP contribution is -2.37. The molecule has 2 aliphatic rings. The van der Waals surface area contributed by atoms with Gasteiger partial charge < -0.3 is 24.6 Å². The van der Waals surface area contributed by atoms with Crippen LogP contribution >= 0.6 is 0 Å². The first-order valence-corrected chi connectivity index (χ1v) is 8.75. The second-order valence-corrected chi connectivity index (χ2v) is 6.08. The molecule has 0 aliphatic carbocycles. The maximum Gasteiger partial charge on any atom is 0.227 e. The van der Waals surface area contributed by atoms with Crippen molar-refractivity contribution in [3.05, 3.63) is 36.5 Å². The third-order valence-corrected chi connectivity index (χ3v) is 4.46. The Bertz CT molecular complexity index is 699. The number of hydrogen-bond donors (Lipinski definition) is 1. The Morgan fingerprint density at radius 1 is 0.840 bits per heavy atom. The Kier molecular flexibility index (Phi) is 4.94. The third-order valence-electron chi connectivity index (χ3n) is 4.46. The van der Waals surface area contributed by atoms with Crippen LogP contribution in [0.1, 0.15) is 0 Å². The van der Waals surface area contributed by atoms with Crippen LogP contribution in [0.3, 0.4) is 0 Å². The summed E-state index contributed by atoms with van der Waals surface area (Å²) >= 11 is 0. The normalized spacial score (nSPS) is 18.2. The van der Waals surface area contributed by atoms with Gasteiger partial charge in [-0.2, -0.15) is 4.98 Å². The lowest BCUT2D eigenvalue weighted by atomic mass is 10.2. The number of morpholine rings is 2. The molecule has 25 heavy (non-hydrogen) atoms.